The summed E-state index contributed by atoms with van der Waals surface area (Å²) in [5.74, 6) is -0.0516. The number of nitrogens with zero attached hydrogens (tertiary/aromatic N) is 13. The van der Waals surface area contributed by atoms with Crippen molar-refractivity contribution in [1.29, 1.82) is 0 Å². The second-order valence-electron chi connectivity index (χ2n) is 27.4. The van der Waals surface area contributed by atoms with Crippen LogP contribution < -0.4 is 0 Å². The number of aromatic amines is 1. The third kappa shape index (κ3) is 18.1. The Morgan fingerprint density at radius 2 is 0.991 bits per heavy atom. The number of carbonyl (C=O) groups is 2. The van der Waals surface area contributed by atoms with Gasteiger partial charge in [-0.15, -0.1) is 0 Å². The van der Waals surface area contributed by atoms with Crippen molar-refractivity contribution in [3.63, 3.8) is 0 Å². The van der Waals surface area contributed by atoms with E-state index in [1.807, 2.05) is 23.6 Å². The number of aryl methyl sites for hydroxylation is 2. The predicted octanol–water partition coefficient (Wildman–Crippen LogP) is 15.3. The Morgan fingerprint density at radius 3 is 1.41 bits per heavy atom. The fourth-order valence-corrected chi connectivity index (χ4v) is 18.2. The molecule has 3 aliphatic heterocycles. The summed E-state index contributed by atoms with van der Waals surface area (Å²) in [7, 11) is -9.69. The molecule has 11 aromatic rings. The Labute approximate surface area is 655 Å². The molecule has 32 heteroatoms. The number of pyridine rings is 3. The van der Waals surface area contributed by atoms with Gasteiger partial charge in [0.2, 0.25) is 11.8 Å². The zero-order valence-corrected chi connectivity index (χ0v) is 66.0. The molecule has 3 saturated heterocycles. The van der Waals surface area contributed by atoms with Gasteiger partial charge in [-0.05, 0) is 152 Å². The average Bonchev–Trinajstić information content (AvgIpc) is 1.60. The standard InChI is InChI=1S/C29H29ClFN5O3S.C22H23ClFN5O.C19H14ClFN4O3S2.C5H10O.CH3.Pd/c1-18-7-9-22(10-8-18)40(38,39)36-17-24(23-14-20(30)15-33-29(23)36)28-32-16-25(31)26(34-28)13-19-4-2-5-21(12-19)35-11-3-6-27(35)37;23-14-9-16-17(11-26-21(16)25-10-14)22-27-12-18(24)19(28-22)8-13-3-1-4-15(7-13)29-6-2-5-20(29)30;1-11-3-5-13(6-4-11)30(27,28)25-10-15(14-7-12(20)8-23-18(14)25)17-22-9-16(21)19(24-17)29(2)26;1-5-3-2-4-6-5;;/h7-10,14-17,19,21H,2-6,11-13H2,1H3;9-13,15H,1-8H2,(H,25,26);3-10H,1-2H3;5H,2-4H2,1H3;1H3;/q;;;;-1;/t19-,21+;13-,15+;;;;/m00..../s1. The van der Waals surface area contributed by atoms with E-state index in [1.165, 1.54) is 68.3 Å². The predicted molar refractivity (Wildman–Crippen MR) is 405 cm³/mol. The molecule has 0 radical (unpaired) electrons. The summed E-state index contributed by atoms with van der Waals surface area (Å²) >= 11 is 18.4. The molecule has 5 fully saturated rings. The van der Waals surface area contributed by atoms with E-state index in [4.69, 9.17) is 39.5 Å². The second kappa shape index (κ2) is 34.9. The zero-order valence-electron chi connectivity index (χ0n) is 59.8. The number of likely N-dealkylation sites (tertiary alicyclic amines) is 2. The molecule has 2 saturated carbocycles. The van der Waals surface area contributed by atoms with Crippen LogP contribution in [0.4, 0.5) is 13.2 Å². The first-order chi connectivity index (χ1) is 50.9. The Hall–Kier alpha value is -7.98. The molecule has 12 heterocycles. The fraction of sp³-hybridized carbons (Fsp3) is 0.368. The van der Waals surface area contributed by atoms with Crippen LogP contribution in [0.3, 0.4) is 0 Å². The number of H-pyrrole nitrogens is 1. The first kappa shape index (κ1) is 81.0. The van der Waals surface area contributed by atoms with Crippen LogP contribution in [-0.2, 0) is 78.4 Å². The molecule has 572 valence electrons. The summed E-state index contributed by atoms with van der Waals surface area (Å²) in [5.41, 5.74) is 4.96. The van der Waals surface area contributed by atoms with Gasteiger partial charge in [0.15, 0.2) is 51.2 Å². The topological polar surface area (TPSA) is 277 Å². The Kier molecular flexibility index (Phi) is 26.2. The molecule has 9 aromatic heterocycles. The number of hydrogen-bond acceptors (Lipinski definition) is 17. The van der Waals surface area contributed by atoms with Crippen molar-refractivity contribution in [2.75, 3.05) is 26.0 Å². The zero-order chi connectivity index (χ0) is 74.7. The number of fused-ring (bicyclic) bond motifs is 3. The summed E-state index contributed by atoms with van der Waals surface area (Å²) in [4.78, 5) is 70.1. The minimum absolute atomic E-state index is 0. The van der Waals surface area contributed by atoms with E-state index in [2.05, 4.69) is 56.8 Å². The van der Waals surface area contributed by atoms with Crippen LogP contribution in [0.25, 0.3) is 67.3 Å². The number of ether oxygens (including phenoxy) is 1. The number of carbonyl (C=O) groups excluding carboxylic acids is 2. The van der Waals surface area contributed by atoms with Crippen LogP contribution in [0, 0.1) is 50.6 Å². The number of nitrogens with one attached hydrogen (secondary N) is 1. The normalized spacial score (nSPS) is 19.1. The molecule has 16 rings (SSSR count). The molecular formula is C76H79Cl3F3N14O8PdS3-. The minimum Gasteiger partial charge on any atom is -0.379 e. The largest absolute Gasteiger partial charge is 0.379 e. The maximum absolute atomic E-state index is 15.0. The van der Waals surface area contributed by atoms with Gasteiger partial charge in [-0.3, -0.25) is 13.8 Å². The van der Waals surface area contributed by atoms with E-state index in [0.717, 1.165) is 126 Å². The summed E-state index contributed by atoms with van der Waals surface area (Å²) in [5, 5.41) is 2.46. The number of hydrogen-bond donors (Lipinski definition) is 1. The van der Waals surface area contributed by atoms with Crippen molar-refractivity contribution in [3.8, 4) is 34.2 Å². The van der Waals surface area contributed by atoms with Gasteiger partial charge in [0.1, 0.15) is 5.65 Å². The number of rotatable bonds is 14. The molecule has 6 atom stereocenters. The molecular weight excluding hydrogens is 1600 g/mol. The maximum Gasteiger partial charge on any atom is 0.269 e. The second-order valence-corrected chi connectivity index (χ2v) is 33.6. The van der Waals surface area contributed by atoms with E-state index >= 15 is 4.39 Å². The summed E-state index contributed by atoms with van der Waals surface area (Å²) in [6.45, 7) is 8.50. The number of aromatic nitrogens is 12. The van der Waals surface area contributed by atoms with Crippen molar-refractivity contribution in [2.24, 2.45) is 11.8 Å². The SMILES string of the molecule is CC1CCCO1.Cc1ccc(S(=O)(=O)n2cc(-c3ncc(F)c(C[C@H]4CCC[C@@H](N5CCCC5=O)C4)n3)c3cc(Cl)cnc32)cc1.Cc1ccc(S(=O)(=O)n2cc(-c3ncc(F)c(S(C)=O)n3)c3cc(Cl)cnc32)cc1.O=C1CCCN1[C@@H]1CCC[C@H](Cc2nc(-c3c[nH]c4ncc(Cl)cc34)ncc2F)C1.[CH3-].[Pd]. The quantitative estimate of drug-likeness (QED) is 0.0601. The van der Waals surface area contributed by atoms with Crippen LogP contribution in [0.2, 0.25) is 15.1 Å². The van der Waals surface area contributed by atoms with Crippen LogP contribution in [0.1, 0.15) is 119 Å². The molecule has 2 aromatic carbocycles. The summed E-state index contributed by atoms with van der Waals surface area (Å²) < 4.78 is 116. The van der Waals surface area contributed by atoms with Crippen molar-refractivity contribution < 1.29 is 69.0 Å². The van der Waals surface area contributed by atoms with E-state index in [9.17, 15) is 39.4 Å². The van der Waals surface area contributed by atoms with Crippen LogP contribution in [-0.4, -0.2) is 145 Å². The Bertz CT molecular complexity index is 5390. The van der Waals surface area contributed by atoms with Crippen molar-refractivity contribution in [1.82, 2.24) is 67.6 Å². The third-order valence-corrected chi connectivity index (χ3v) is 24.7. The van der Waals surface area contributed by atoms with Crippen LogP contribution in [0.15, 0.2) is 137 Å². The van der Waals surface area contributed by atoms with Gasteiger partial charge in [0, 0.05) is 141 Å². The number of halogens is 6. The van der Waals surface area contributed by atoms with Crippen LogP contribution >= 0.6 is 34.8 Å². The molecule has 2 aliphatic carbocycles. The van der Waals surface area contributed by atoms with Gasteiger partial charge in [0.25, 0.3) is 20.0 Å². The fourth-order valence-electron chi connectivity index (χ4n) is 14.5. The minimum atomic E-state index is -4.00. The Morgan fingerprint density at radius 1 is 0.556 bits per heavy atom. The molecule has 2 unspecified atom stereocenters. The number of benzene rings is 2. The summed E-state index contributed by atoms with van der Waals surface area (Å²) in [6, 6.07) is 18.4. The monoisotopic (exact) mass is 1680 g/mol. The van der Waals surface area contributed by atoms with E-state index in [1.54, 1.807) is 60.9 Å². The van der Waals surface area contributed by atoms with Gasteiger partial charge in [0.05, 0.1) is 71.7 Å². The van der Waals surface area contributed by atoms with Gasteiger partial charge in [-0.1, -0.05) is 83.0 Å². The van der Waals surface area contributed by atoms with E-state index in [0.29, 0.717) is 81.3 Å². The number of amides is 2. The average molecular weight is 1680 g/mol. The van der Waals surface area contributed by atoms with Crippen molar-refractivity contribution in [3.05, 3.63) is 185 Å². The van der Waals surface area contributed by atoms with Crippen molar-refractivity contribution in [2.45, 2.75) is 157 Å². The van der Waals surface area contributed by atoms with Gasteiger partial charge >= 0.3 is 0 Å². The molecule has 1 N–H and O–H groups in total. The molecule has 22 nitrogen and oxygen atoms in total. The smallest absolute Gasteiger partial charge is 0.269 e. The molecule has 2 amide bonds. The third-order valence-electron chi connectivity index (χ3n) is 19.9. The first-order valence-electron chi connectivity index (χ1n) is 35.1. The molecule has 108 heavy (non-hydrogen) atoms. The van der Waals surface area contributed by atoms with Crippen LogP contribution in [0.5, 0.6) is 0 Å². The van der Waals surface area contributed by atoms with Crippen molar-refractivity contribution >= 4 is 111 Å². The maximum atomic E-state index is 15.0. The molecule has 0 bridgehead atoms. The molecule has 5 aliphatic rings. The van der Waals surface area contributed by atoms with Gasteiger partial charge in [-0.2, -0.15) is 0 Å². The molecule has 0 spiro atoms. The van der Waals surface area contributed by atoms with Gasteiger partial charge < -0.3 is 26.9 Å². The summed E-state index contributed by atoms with van der Waals surface area (Å²) in [6.07, 6.45) is 28.3. The van der Waals surface area contributed by atoms with Gasteiger partial charge in [-0.25, -0.2) is 82.8 Å². The van der Waals surface area contributed by atoms with E-state index < -0.39 is 42.5 Å². The first-order valence-corrected chi connectivity index (χ1v) is 40.6. The Balaban J connectivity index is 0.000000155. The van der Waals surface area contributed by atoms with E-state index in [-0.39, 0.29) is 118 Å².